The molecule has 1 aromatic heterocycles. The molecule has 8 heteroatoms. The Morgan fingerprint density at radius 2 is 2.00 bits per heavy atom. The minimum atomic E-state index is -0.0968. The number of nitrogens with zero attached hydrogens (tertiary/aromatic N) is 4. The Labute approximate surface area is 177 Å². The van der Waals surface area contributed by atoms with Crippen molar-refractivity contribution in [2.24, 2.45) is 0 Å². The van der Waals surface area contributed by atoms with Gasteiger partial charge in [0, 0.05) is 69.2 Å². The molecule has 29 heavy (non-hydrogen) atoms. The number of hydrogen-bond donors (Lipinski definition) is 1. The molecule has 4 heterocycles. The fourth-order valence-corrected chi connectivity index (χ4v) is 5.66. The van der Waals surface area contributed by atoms with Crippen LogP contribution in [0.15, 0.2) is 17.5 Å². The summed E-state index contributed by atoms with van der Waals surface area (Å²) in [6.07, 6.45) is 2.36. The minimum absolute atomic E-state index is 0.0968. The van der Waals surface area contributed by atoms with Crippen molar-refractivity contribution in [3.8, 4) is 0 Å². The molecule has 0 radical (unpaired) electrons. The van der Waals surface area contributed by atoms with Crippen molar-refractivity contribution in [3.05, 3.63) is 22.4 Å². The summed E-state index contributed by atoms with van der Waals surface area (Å²) in [5.41, 5.74) is 0. The highest BCUT2D eigenvalue weighted by Gasteiger charge is 2.45. The molecule has 0 aromatic carbocycles. The van der Waals surface area contributed by atoms with Gasteiger partial charge in [0.05, 0.1) is 0 Å². The molecule has 3 aliphatic heterocycles. The van der Waals surface area contributed by atoms with Gasteiger partial charge in [0.15, 0.2) is 0 Å². The van der Waals surface area contributed by atoms with Gasteiger partial charge in [0.1, 0.15) is 6.04 Å². The number of likely N-dealkylation sites (N-methyl/N-ethyl adjacent to an activating group) is 2. The average molecular weight is 420 g/mol. The molecule has 0 aliphatic carbocycles. The molecule has 3 aliphatic rings. The first-order chi connectivity index (χ1) is 14.0. The van der Waals surface area contributed by atoms with Crippen LogP contribution < -0.4 is 5.32 Å². The smallest absolute Gasteiger partial charge is 0.239 e. The number of rotatable bonds is 5. The van der Waals surface area contributed by atoms with Crippen LogP contribution in [0.1, 0.15) is 24.1 Å². The second-order valence-electron chi connectivity index (χ2n) is 8.64. The highest BCUT2D eigenvalue weighted by atomic mass is 32.1. The monoisotopic (exact) mass is 419 g/mol. The number of amides is 2. The van der Waals surface area contributed by atoms with Crippen LogP contribution in [0.25, 0.3) is 0 Å². The van der Waals surface area contributed by atoms with Gasteiger partial charge in [0.25, 0.3) is 0 Å². The number of nitrogens with one attached hydrogen (secondary N) is 1. The number of likely N-dealkylation sites (tertiary alicyclic amines) is 1. The lowest BCUT2D eigenvalue weighted by Gasteiger charge is -2.34. The van der Waals surface area contributed by atoms with Gasteiger partial charge in [-0.3, -0.25) is 19.4 Å². The van der Waals surface area contributed by atoms with Gasteiger partial charge >= 0.3 is 0 Å². The van der Waals surface area contributed by atoms with Crippen LogP contribution in [0.5, 0.6) is 0 Å². The van der Waals surface area contributed by atoms with Gasteiger partial charge in [-0.1, -0.05) is 6.07 Å². The molecule has 0 bridgehead atoms. The fraction of sp³-hybridized carbons (Fsp3) is 0.714. The summed E-state index contributed by atoms with van der Waals surface area (Å²) in [6.45, 7) is 5.98. The van der Waals surface area contributed by atoms with Crippen LogP contribution in [0, 0.1) is 0 Å². The molecule has 3 saturated heterocycles. The third kappa shape index (κ3) is 4.66. The van der Waals surface area contributed by atoms with E-state index in [-0.39, 0.29) is 29.9 Å². The maximum absolute atomic E-state index is 12.9. The average Bonchev–Trinajstić information content (AvgIpc) is 3.35. The van der Waals surface area contributed by atoms with Crippen LogP contribution in [-0.2, 0) is 16.1 Å². The van der Waals surface area contributed by atoms with E-state index in [1.165, 1.54) is 4.88 Å². The molecule has 3 atom stereocenters. The molecule has 3 fully saturated rings. The van der Waals surface area contributed by atoms with Crippen molar-refractivity contribution in [1.82, 2.24) is 24.9 Å². The van der Waals surface area contributed by atoms with Crippen molar-refractivity contribution in [2.45, 2.75) is 43.9 Å². The van der Waals surface area contributed by atoms with Crippen molar-refractivity contribution < 1.29 is 9.59 Å². The van der Waals surface area contributed by atoms with Crippen LogP contribution in [0.4, 0.5) is 0 Å². The van der Waals surface area contributed by atoms with Crippen molar-refractivity contribution >= 4 is 23.2 Å². The van der Waals surface area contributed by atoms with Crippen LogP contribution in [0.3, 0.4) is 0 Å². The first kappa shape index (κ1) is 20.8. The van der Waals surface area contributed by atoms with Crippen LogP contribution in [-0.4, -0.2) is 103 Å². The topological polar surface area (TPSA) is 59.1 Å². The Morgan fingerprint density at radius 3 is 2.72 bits per heavy atom. The van der Waals surface area contributed by atoms with E-state index in [1.807, 2.05) is 4.90 Å². The molecule has 1 N–H and O–H groups in total. The summed E-state index contributed by atoms with van der Waals surface area (Å²) >= 11 is 1.75. The van der Waals surface area contributed by atoms with E-state index in [4.69, 9.17) is 0 Å². The Bertz CT molecular complexity index is 704. The summed E-state index contributed by atoms with van der Waals surface area (Å²) in [5.74, 6) is 0.396. The van der Waals surface area contributed by atoms with E-state index in [0.29, 0.717) is 13.0 Å². The number of thiophene rings is 1. The Balaban J connectivity index is 1.35. The second kappa shape index (κ2) is 9.12. The standard InChI is InChI=1S/C21H33N5O2S/c1-23-9-11-25(12-10-23)19(27)6-5-16-14-22-21(28)20-18(24(16)2)7-8-26(20)15-17-4-3-13-29-17/h3-4,13,16,18,20H,5-12,14-15H2,1-2H3,(H,22,28). The zero-order valence-corrected chi connectivity index (χ0v) is 18.4. The number of piperazine rings is 1. The normalized spacial score (nSPS) is 29.5. The third-order valence-corrected chi connectivity index (χ3v) is 7.70. The summed E-state index contributed by atoms with van der Waals surface area (Å²) in [4.78, 5) is 35.8. The molecule has 160 valence electrons. The molecule has 0 spiro atoms. The summed E-state index contributed by atoms with van der Waals surface area (Å²) in [7, 11) is 4.24. The second-order valence-corrected chi connectivity index (χ2v) is 9.67. The van der Waals surface area contributed by atoms with Gasteiger partial charge < -0.3 is 15.1 Å². The van der Waals surface area contributed by atoms with Gasteiger partial charge in [-0.05, 0) is 38.4 Å². The van der Waals surface area contributed by atoms with Crippen molar-refractivity contribution in [1.29, 1.82) is 0 Å². The van der Waals surface area contributed by atoms with Gasteiger partial charge in [-0.25, -0.2) is 0 Å². The number of carbonyl (C=O) groups excluding carboxylic acids is 2. The van der Waals surface area contributed by atoms with E-state index >= 15 is 0 Å². The largest absolute Gasteiger partial charge is 0.353 e. The van der Waals surface area contributed by atoms with E-state index in [0.717, 1.165) is 52.1 Å². The number of carbonyl (C=O) groups is 2. The van der Waals surface area contributed by atoms with Gasteiger partial charge in [-0.15, -0.1) is 11.3 Å². The SMILES string of the molecule is CN1CCN(C(=O)CCC2CNC(=O)C3C(CCN3Cc3cccs3)N2C)CC1. The molecule has 3 unspecified atom stereocenters. The molecule has 7 nitrogen and oxygen atoms in total. The van der Waals surface area contributed by atoms with E-state index in [9.17, 15) is 9.59 Å². The van der Waals surface area contributed by atoms with Gasteiger partial charge in [0.2, 0.25) is 11.8 Å². The fourth-order valence-electron chi connectivity index (χ4n) is 4.93. The van der Waals surface area contributed by atoms with Crippen molar-refractivity contribution in [2.75, 3.05) is 53.4 Å². The third-order valence-electron chi connectivity index (χ3n) is 6.84. The Kier molecular flexibility index (Phi) is 6.53. The number of fused-ring (bicyclic) bond motifs is 1. The maximum atomic E-state index is 12.9. The Morgan fingerprint density at radius 1 is 1.21 bits per heavy atom. The van der Waals surface area contributed by atoms with Crippen LogP contribution >= 0.6 is 11.3 Å². The molecular formula is C21H33N5O2S. The Hall–Kier alpha value is -1.48. The minimum Gasteiger partial charge on any atom is -0.353 e. The van der Waals surface area contributed by atoms with Gasteiger partial charge in [-0.2, -0.15) is 0 Å². The van der Waals surface area contributed by atoms with Crippen molar-refractivity contribution in [3.63, 3.8) is 0 Å². The van der Waals surface area contributed by atoms with E-state index in [2.05, 4.69) is 51.6 Å². The summed E-state index contributed by atoms with van der Waals surface area (Å²) in [5, 5.41) is 5.26. The quantitative estimate of drug-likeness (QED) is 0.761. The van der Waals surface area contributed by atoms with E-state index in [1.54, 1.807) is 11.3 Å². The molecule has 1 aromatic rings. The highest BCUT2D eigenvalue weighted by molar-refractivity contribution is 7.09. The molecule has 0 saturated carbocycles. The highest BCUT2D eigenvalue weighted by Crippen LogP contribution is 2.29. The summed E-state index contributed by atoms with van der Waals surface area (Å²) < 4.78 is 0. The number of hydrogen-bond acceptors (Lipinski definition) is 6. The maximum Gasteiger partial charge on any atom is 0.239 e. The lowest BCUT2D eigenvalue weighted by Crippen LogP contribution is -2.49. The molecule has 4 rings (SSSR count). The summed E-state index contributed by atoms with van der Waals surface area (Å²) in [6, 6.07) is 4.55. The zero-order chi connectivity index (χ0) is 20.4. The van der Waals surface area contributed by atoms with Crippen LogP contribution in [0.2, 0.25) is 0 Å². The van der Waals surface area contributed by atoms with E-state index < -0.39 is 0 Å². The molecular weight excluding hydrogens is 386 g/mol. The first-order valence-corrected chi connectivity index (χ1v) is 11.6. The lowest BCUT2D eigenvalue weighted by molar-refractivity contribution is -0.133. The predicted molar refractivity (Wildman–Crippen MR) is 115 cm³/mol. The molecule has 2 amide bonds. The lowest BCUT2D eigenvalue weighted by atomic mass is 10.0. The predicted octanol–water partition coefficient (Wildman–Crippen LogP) is 0.675. The first-order valence-electron chi connectivity index (χ1n) is 10.8. The zero-order valence-electron chi connectivity index (χ0n) is 17.5.